The summed E-state index contributed by atoms with van der Waals surface area (Å²) >= 11 is 0. The van der Waals surface area contributed by atoms with E-state index in [9.17, 15) is 9.59 Å². The number of aromatic nitrogens is 2. The van der Waals surface area contributed by atoms with Gasteiger partial charge in [0.1, 0.15) is 11.4 Å². The van der Waals surface area contributed by atoms with E-state index in [0.29, 0.717) is 11.5 Å². The Hall–Kier alpha value is -2.37. The molecule has 0 aromatic carbocycles. The molecule has 0 aliphatic carbocycles. The van der Waals surface area contributed by atoms with Crippen molar-refractivity contribution in [2.24, 2.45) is 5.92 Å². The molecule has 0 saturated heterocycles. The zero-order valence-corrected chi connectivity index (χ0v) is 13.5. The molecule has 2 heterocycles. The lowest BCUT2D eigenvalue weighted by molar-refractivity contribution is -0.118. The molecule has 0 atom stereocenters. The van der Waals surface area contributed by atoms with Crippen molar-refractivity contribution in [3.63, 3.8) is 0 Å². The van der Waals surface area contributed by atoms with Gasteiger partial charge in [0.05, 0.1) is 0 Å². The van der Waals surface area contributed by atoms with Crippen molar-refractivity contribution in [1.29, 1.82) is 0 Å². The van der Waals surface area contributed by atoms with E-state index in [-0.39, 0.29) is 11.8 Å². The number of fused-ring (bicyclic) bond motifs is 1. The first kappa shape index (κ1) is 16.0. The Morgan fingerprint density at radius 3 is 2.59 bits per heavy atom. The van der Waals surface area contributed by atoms with Gasteiger partial charge >= 0.3 is 6.09 Å². The molecule has 0 saturated carbocycles. The zero-order valence-electron chi connectivity index (χ0n) is 13.5. The summed E-state index contributed by atoms with van der Waals surface area (Å²) in [5.74, 6) is -0.00711. The summed E-state index contributed by atoms with van der Waals surface area (Å²) in [6.07, 6.45) is 1.03. The lowest BCUT2D eigenvalue weighted by Gasteiger charge is -2.20. The number of amides is 1. The number of ether oxygens (including phenoxy) is 1. The van der Waals surface area contributed by atoms with Crippen molar-refractivity contribution in [3.8, 4) is 0 Å². The first-order valence-corrected chi connectivity index (χ1v) is 7.20. The molecule has 0 bridgehead atoms. The standard InChI is InChI=1S/C16H21N3O3/c1-10(2)14(20)18-12-9-11-7-6-8-17-13(11)19(12)15(21)22-16(3,4)5/h6-10H,1-5H3,(H,18,20). The number of nitrogens with one attached hydrogen (secondary N) is 1. The van der Waals surface area contributed by atoms with Gasteiger partial charge in [0, 0.05) is 17.5 Å². The number of pyridine rings is 1. The number of nitrogens with zero attached hydrogens (tertiary/aromatic N) is 2. The van der Waals surface area contributed by atoms with Crippen LogP contribution in [0.4, 0.5) is 10.6 Å². The number of rotatable bonds is 2. The predicted molar refractivity (Wildman–Crippen MR) is 84.8 cm³/mol. The molecule has 2 aromatic heterocycles. The van der Waals surface area contributed by atoms with E-state index < -0.39 is 11.7 Å². The second kappa shape index (κ2) is 5.79. The van der Waals surface area contributed by atoms with Gasteiger partial charge in [-0.3, -0.25) is 4.79 Å². The molecular weight excluding hydrogens is 282 g/mol. The largest absolute Gasteiger partial charge is 0.443 e. The van der Waals surface area contributed by atoms with E-state index in [4.69, 9.17) is 4.74 Å². The molecule has 2 rings (SSSR count). The van der Waals surface area contributed by atoms with E-state index in [2.05, 4.69) is 10.3 Å². The average molecular weight is 303 g/mol. The second-order valence-corrected chi connectivity index (χ2v) is 6.41. The molecule has 22 heavy (non-hydrogen) atoms. The second-order valence-electron chi connectivity index (χ2n) is 6.41. The summed E-state index contributed by atoms with van der Waals surface area (Å²) in [5.41, 5.74) is -0.183. The Labute approximate surface area is 129 Å². The summed E-state index contributed by atoms with van der Waals surface area (Å²) in [7, 11) is 0. The molecule has 1 N–H and O–H groups in total. The van der Waals surface area contributed by atoms with Crippen LogP contribution >= 0.6 is 0 Å². The fourth-order valence-corrected chi connectivity index (χ4v) is 1.89. The molecule has 0 unspecified atom stereocenters. The van der Waals surface area contributed by atoms with Crippen LogP contribution in [-0.4, -0.2) is 27.2 Å². The summed E-state index contributed by atoms with van der Waals surface area (Å²) in [5, 5.41) is 3.51. The highest BCUT2D eigenvalue weighted by atomic mass is 16.6. The van der Waals surface area contributed by atoms with Crippen LogP contribution in [0.15, 0.2) is 24.4 Å². The molecule has 0 fully saturated rings. The van der Waals surface area contributed by atoms with Crippen LogP contribution in [0.3, 0.4) is 0 Å². The van der Waals surface area contributed by atoms with Crippen molar-refractivity contribution < 1.29 is 14.3 Å². The summed E-state index contributed by atoms with van der Waals surface area (Å²) < 4.78 is 6.70. The fourth-order valence-electron chi connectivity index (χ4n) is 1.89. The van der Waals surface area contributed by atoms with E-state index in [1.807, 2.05) is 6.07 Å². The highest BCUT2D eigenvalue weighted by Crippen LogP contribution is 2.24. The zero-order chi connectivity index (χ0) is 16.5. The molecule has 6 heteroatoms. The molecule has 6 nitrogen and oxygen atoms in total. The smallest absolute Gasteiger partial charge is 0.421 e. The minimum absolute atomic E-state index is 0.174. The van der Waals surface area contributed by atoms with Gasteiger partial charge in [-0.1, -0.05) is 13.8 Å². The van der Waals surface area contributed by atoms with Crippen LogP contribution in [-0.2, 0) is 9.53 Å². The highest BCUT2D eigenvalue weighted by Gasteiger charge is 2.23. The minimum Gasteiger partial charge on any atom is -0.443 e. The molecular formula is C16H21N3O3. The van der Waals surface area contributed by atoms with Crippen LogP contribution in [0.25, 0.3) is 11.0 Å². The van der Waals surface area contributed by atoms with Crippen molar-refractivity contribution in [2.45, 2.75) is 40.2 Å². The third-order valence-corrected chi connectivity index (χ3v) is 2.91. The van der Waals surface area contributed by atoms with E-state index in [0.717, 1.165) is 5.39 Å². The molecule has 0 radical (unpaired) electrons. The maximum Gasteiger partial charge on any atom is 0.421 e. The lowest BCUT2D eigenvalue weighted by Crippen LogP contribution is -2.29. The quantitative estimate of drug-likeness (QED) is 0.922. The third kappa shape index (κ3) is 3.44. The predicted octanol–water partition coefficient (Wildman–Crippen LogP) is 3.41. The Bertz CT molecular complexity index is 711. The SMILES string of the molecule is CC(C)C(=O)Nc1cc2cccnc2n1C(=O)OC(C)(C)C. The molecule has 1 amide bonds. The Morgan fingerprint density at radius 1 is 1.32 bits per heavy atom. The fraction of sp³-hybridized carbons (Fsp3) is 0.438. The minimum atomic E-state index is -0.637. The Kier molecular flexibility index (Phi) is 4.21. The first-order chi connectivity index (χ1) is 10.2. The van der Waals surface area contributed by atoms with Crippen molar-refractivity contribution in [3.05, 3.63) is 24.4 Å². The van der Waals surface area contributed by atoms with Gasteiger partial charge in [0.15, 0.2) is 5.65 Å². The van der Waals surface area contributed by atoms with Crippen LogP contribution in [0.1, 0.15) is 34.6 Å². The first-order valence-electron chi connectivity index (χ1n) is 7.20. The van der Waals surface area contributed by atoms with Gasteiger partial charge in [0.25, 0.3) is 0 Å². The average Bonchev–Trinajstić information content (AvgIpc) is 2.74. The van der Waals surface area contributed by atoms with E-state index >= 15 is 0 Å². The van der Waals surface area contributed by atoms with Gasteiger partial charge < -0.3 is 10.1 Å². The summed E-state index contributed by atoms with van der Waals surface area (Å²) in [4.78, 5) is 28.6. The lowest BCUT2D eigenvalue weighted by atomic mass is 10.2. The van der Waals surface area contributed by atoms with Gasteiger partial charge in [0.2, 0.25) is 5.91 Å². The summed E-state index contributed by atoms with van der Waals surface area (Å²) in [6, 6.07) is 5.32. The van der Waals surface area contributed by atoms with E-state index in [1.165, 1.54) is 4.57 Å². The molecule has 0 spiro atoms. The number of hydrogen-bond acceptors (Lipinski definition) is 4. The Balaban J connectivity index is 2.49. The maximum absolute atomic E-state index is 12.5. The Morgan fingerprint density at radius 2 is 2.00 bits per heavy atom. The third-order valence-electron chi connectivity index (χ3n) is 2.91. The molecule has 0 aliphatic rings. The molecule has 118 valence electrons. The van der Waals surface area contributed by atoms with Gasteiger partial charge in [-0.05, 0) is 39.0 Å². The monoisotopic (exact) mass is 303 g/mol. The van der Waals surface area contributed by atoms with E-state index in [1.54, 1.807) is 52.9 Å². The van der Waals surface area contributed by atoms with Crippen LogP contribution in [0, 0.1) is 5.92 Å². The number of carbonyl (C=O) groups is 2. The number of carbonyl (C=O) groups excluding carboxylic acids is 2. The number of hydrogen-bond donors (Lipinski definition) is 1. The highest BCUT2D eigenvalue weighted by molar-refractivity contribution is 5.99. The van der Waals surface area contributed by atoms with Gasteiger partial charge in [-0.15, -0.1) is 0 Å². The van der Waals surface area contributed by atoms with Crippen molar-refractivity contribution in [1.82, 2.24) is 9.55 Å². The molecule has 2 aromatic rings. The van der Waals surface area contributed by atoms with Crippen LogP contribution < -0.4 is 5.32 Å². The van der Waals surface area contributed by atoms with Gasteiger partial charge in [-0.2, -0.15) is 0 Å². The van der Waals surface area contributed by atoms with Crippen LogP contribution in [0.5, 0.6) is 0 Å². The topological polar surface area (TPSA) is 73.2 Å². The normalized spacial score (nSPS) is 11.7. The molecule has 0 aliphatic heterocycles. The van der Waals surface area contributed by atoms with Crippen molar-refractivity contribution in [2.75, 3.05) is 5.32 Å². The number of anilines is 1. The van der Waals surface area contributed by atoms with Gasteiger partial charge in [-0.25, -0.2) is 14.3 Å². The van der Waals surface area contributed by atoms with Crippen molar-refractivity contribution >= 4 is 28.9 Å². The maximum atomic E-state index is 12.5. The summed E-state index contributed by atoms with van der Waals surface area (Å²) in [6.45, 7) is 8.94. The van der Waals surface area contributed by atoms with Crippen LogP contribution in [0.2, 0.25) is 0 Å².